The molecule has 0 unspecified atom stereocenters. The summed E-state index contributed by atoms with van der Waals surface area (Å²) in [6.07, 6.45) is 8.86. The van der Waals surface area contributed by atoms with Gasteiger partial charge in [0.2, 0.25) is 5.75 Å². The van der Waals surface area contributed by atoms with E-state index < -0.39 is 12.2 Å². The molecule has 4 bridgehead atoms. The van der Waals surface area contributed by atoms with Gasteiger partial charge >= 0.3 is 5.97 Å². The predicted molar refractivity (Wildman–Crippen MR) is 209 cm³/mol. The number of aromatic hydroxyl groups is 3. The molecule has 1 spiro atoms. The Morgan fingerprint density at radius 1 is 1.13 bits per heavy atom. The van der Waals surface area contributed by atoms with Crippen LogP contribution in [0.5, 0.6) is 28.7 Å². The molecule has 3 aromatic rings. The highest BCUT2D eigenvalue weighted by Crippen LogP contribution is 2.48. The first-order valence-electron chi connectivity index (χ1n) is 18.8. The summed E-state index contributed by atoms with van der Waals surface area (Å²) < 4.78 is 25.4. The first-order valence-corrected chi connectivity index (χ1v) is 21.2. The van der Waals surface area contributed by atoms with Gasteiger partial charge in [0.15, 0.2) is 29.0 Å². The number of nitrogens with one attached hydrogen (secondary N) is 2. The van der Waals surface area contributed by atoms with Crippen LogP contribution in [-0.4, -0.2) is 87.3 Å². The molecular formula is C40H50N4O8S2. The van der Waals surface area contributed by atoms with E-state index in [1.807, 2.05) is 45.9 Å². The quantitative estimate of drug-likeness (QED) is 0.104. The monoisotopic (exact) mass is 778 g/mol. The number of esters is 1. The van der Waals surface area contributed by atoms with Gasteiger partial charge in [-0.25, -0.2) is 0 Å². The second-order valence-electron chi connectivity index (χ2n) is 14.8. The molecule has 12 nitrogen and oxygen atoms in total. The second kappa shape index (κ2) is 17.2. The Kier molecular flexibility index (Phi) is 12.2. The van der Waals surface area contributed by atoms with Crippen LogP contribution < -0.4 is 20.1 Å². The normalized spacial score (nSPS) is 29.3. The number of carbonyl (C=O) groups is 1. The molecule has 4 aliphatic rings. The van der Waals surface area contributed by atoms with E-state index in [-0.39, 0.29) is 64.5 Å². The summed E-state index contributed by atoms with van der Waals surface area (Å²) >= 11 is 0. The molecule has 7 atom stereocenters. The molecule has 5 N–H and O–H groups in total. The lowest BCUT2D eigenvalue weighted by molar-refractivity contribution is -0.163. The zero-order valence-electron chi connectivity index (χ0n) is 30.7. The number of pyridine rings is 1. The van der Waals surface area contributed by atoms with Crippen LogP contribution in [0.2, 0.25) is 0 Å². The van der Waals surface area contributed by atoms with Gasteiger partial charge in [-0.05, 0) is 85.0 Å². The zero-order chi connectivity index (χ0) is 37.7. The van der Waals surface area contributed by atoms with Crippen LogP contribution in [0.15, 0.2) is 59.9 Å². The Morgan fingerprint density at radius 3 is 2.83 bits per heavy atom. The van der Waals surface area contributed by atoms with E-state index in [1.165, 1.54) is 13.0 Å². The number of hydrogen-bond acceptors (Lipinski definition) is 12. The van der Waals surface area contributed by atoms with Crippen molar-refractivity contribution in [2.75, 3.05) is 26.0 Å². The fourth-order valence-electron chi connectivity index (χ4n) is 8.26. The molecule has 3 aliphatic heterocycles. The van der Waals surface area contributed by atoms with Crippen molar-refractivity contribution >= 4 is 33.5 Å². The molecule has 1 aliphatic carbocycles. The van der Waals surface area contributed by atoms with Crippen LogP contribution in [-0.2, 0) is 27.1 Å². The van der Waals surface area contributed by atoms with Gasteiger partial charge in [0.1, 0.15) is 12.2 Å². The Labute approximate surface area is 324 Å². The first kappa shape index (κ1) is 38.3. The van der Waals surface area contributed by atoms with Crippen LogP contribution in [0.4, 0.5) is 0 Å². The number of rotatable bonds is 7. The highest BCUT2D eigenvalue weighted by Gasteiger charge is 2.46. The Bertz CT molecular complexity index is 1800. The lowest BCUT2D eigenvalue weighted by Gasteiger charge is -2.45. The smallest absolute Gasteiger partial charge is 0.302 e. The average Bonchev–Trinajstić information content (AvgIpc) is 3.32. The summed E-state index contributed by atoms with van der Waals surface area (Å²) in [5.74, 6) is 1.27. The van der Waals surface area contributed by atoms with Gasteiger partial charge in [-0.15, -0.1) is 0 Å². The van der Waals surface area contributed by atoms with Gasteiger partial charge in [0.25, 0.3) is 0 Å². The summed E-state index contributed by atoms with van der Waals surface area (Å²) in [5, 5.41) is 40.0. The van der Waals surface area contributed by atoms with Crippen molar-refractivity contribution < 1.29 is 39.1 Å². The maximum Gasteiger partial charge on any atom is 0.302 e. The topological polar surface area (TPSA) is 164 Å². The minimum atomic E-state index is -0.548. The minimum Gasteiger partial charge on any atom is -0.504 e. The van der Waals surface area contributed by atoms with Gasteiger partial charge in [0, 0.05) is 69.6 Å². The van der Waals surface area contributed by atoms with E-state index in [0.717, 1.165) is 61.5 Å². The van der Waals surface area contributed by atoms with Crippen molar-refractivity contribution in [2.45, 2.75) is 99.9 Å². The fraction of sp³-hybridized carbons (Fsp3) is 0.525. The number of aromatic nitrogens is 1. The van der Waals surface area contributed by atoms with Crippen LogP contribution in [0.1, 0.15) is 74.7 Å². The van der Waals surface area contributed by atoms with E-state index in [9.17, 15) is 20.1 Å². The molecule has 3 fully saturated rings. The third kappa shape index (κ3) is 9.09. The number of phenolic OH excluding ortho intramolecular Hbond substituents is 3. The summed E-state index contributed by atoms with van der Waals surface area (Å²) in [5.41, 5.74) is 2.39. The van der Waals surface area contributed by atoms with E-state index in [4.69, 9.17) is 18.9 Å². The van der Waals surface area contributed by atoms with Crippen molar-refractivity contribution in [2.24, 2.45) is 10.9 Å². The Hall–Kier alpha value is -4.01. The molecular weight excluding hydrogens is 729 g/mol. The number of fused-ring (bicyclic) bond motifs is 3. The number of nitrogens with zero attached hydrogens (tertiary/aromatic N) is 2. The van der Waals surface area contributed by atoms with Crippen molar-refractivity contribution in [1.82, 2.24) is 15.6 Å². The maximum absolute atomic E-state index is 12.3. The maximum atomic E-state index is 12.3. The van der Waals surface area contributed by atoms with Gasteiger partial charge in [0.05, 0.1) is 24.4 Å². The van der Waals surface area contributed by atoms with Crippen LogP contribution >= 0.6 is 21.6 Å². The van der Waals surface area contributed by atoms with Crippen molar-refractivity contribution in [3.63, 3.8) is 0 Å². The molecule has 0 amide bonds. The lowest BCUT2D eigenvalue weighted by atomic mass is 9.77. The lowest BCUT2D eigenvalue weighted by Crippen LogP contribution is -2.59. The highest BCUT2D eigenvalue weighted by molar-refractivity contribution is 8.77. The number of phenols is 3. The average molecular weight is 779 g/mol. The standard InChI is InChI=1S/C40H50N4O8S2/c1-24(45)50-30-19-33(27-17-32(47)38(48)36(18-27)49-14-10-25-5-4-12-42-22-25)52-34(20-30)28-15-26-7-8-31(46)35(16-26)51-29-6-3-11-40(21-29)37(54-53-23-28)9-13-43-39(41-2)44-40/h4-5,7-8,12,16-18,22,28-30,33-34,37,46-48H,3,6,9-11,13-15,19-21,23H2,1-2H3,(H2,41,43,44)/t28-,29-,30+,33-,34+,37-,40-/m0/s1. The third-order valence-electron chi connectivity index (χ3n) is 10.9. The predicted octanol–water partition coefficient (Wildman–Crippen LogP) is 6.22. The summed E-state index contributed by atoms with van der Waals surface area (Å²) in [6, 6.07) is 12.6. The van der Waals surface area contributed by atoms with E-state index in [0.29, 0.717) is 37.0 Å². The van der Waals surface area contributed by atoms with Gasteiger partial charge in [-0.2, -0.15) is 0 Å². The number of carbonyl (C=O) groups excluding carboxylic acids is 1. The summed E-state index contributed by atoms with van der Waals surface area (Å²) in [4.78, 5) is 21.0. The SMILES string of the molecule is CN=C1NCC[C@@H]2SSC[C@@H]([C@H]3C[C@H](OC(C)=O)C[C@@H](c4cc(O)c(O)c(OCCc5cccnc5)c4)O3)Cc3ccc(O)c(c3)O[C@H]3CCC[C@@]2(C3)N1. The molecule has 7 rings (SSSR count). The molecule has 1 aromatic heterocycles. The van der Waals surface area contributed by atoms with Crippen molar-refractivity contribution in [3.05, 3.63) is 71.5 Å². The number of hydrogen-bond donors (Lipinski definition) is 5. The number of aliphatic imine (C=N–C) groups is 1. The van der Waals surface area contributed by atoms with E-state index in [1.54, 1.807) is 31.6 Å². The molecule has 290 valence electrons. The molecule has 0 radical (unpaired) electrons. The molecule has 4 heterocycles. The molecule has 14 heteroatoms. The third-order valence-corrected chi connectivity index (χ3v) is 14.1. The zero-order valence-corrected chi connectivity index (χ0v) is 32.4. The van der Waals surface area contributed by atoms with Crippen molar-refractivity contribution in [3.8, 4) is 28.7 Å². The van der Waals surface area contributed by atoms with Crippen LogP contribution in [0.3, 0.4) is 0 Å². The number of ether oxygens (including phenoxy) is 4. The largest absolute Gasteiger partial charge is 0.504 e. The summed E-state index contributed by atoms with van der Waals surface area (Å²) in [7, 11) is 5.56. The number of benzene rings is 2. The Morgan fingerprint density at radius 2 is 2.02 bits per heavy atom. The first-order chi connectivity index (χ1) is 26.2. The molecule has 54 heavy (non-hydrogen) atoms. The van der Waals surface area contributed by atoms with Gasteiger partial charge in [-0.3, -0.25) is 14.8 Å². The van der Waals surface area contributed by atoms with E-state index in [2.05, 4.69) is 20.6 Å². The summed E-state index contributed by atoms with van der Waals surface area (Å²) in [6.45, 7) is 2.49. The minimum absolute atomic E-state index is 0.0117. The number of guanidine groups is 1. The fourth-order valence-corrected chi connectivity index (χ4v) is 11.8. The van der Waals surface area contributed by atoms with Crippen molar-refractivity contribution in [1.29, 1.82) is 0 Å². The molecule has 1 saturated carbocycles. The van der Waals surface area contributed by atoms with E-state index >= 15 is 0 Å². The van der Waals surface area contributed by atoms with Gasteiger partial charge in [-0.1, -0.05) is 33.7 Å². The second-order valence-corrected chi connectivity index (χ2v) is 17.4. The molecule has 2 saturated heterocycles. The van der Waals surface area contributed by atoms with Crippen LogP contribution in [0.25, 0.3) is 0 Å². The van der Waals surface area contributed by atoms with Gasteiger partial charge < -0.3 is 44.9 Å². The Balaban J connectivity index is 1.17. The van der Waals surface area contributed by atoms with Crippen LogP contribution in [0, 0.1) is 5.92 Å². The highest BCUT2D eigenvalue weighted by atomic mass is 33.1. The molecule has 2 aromatic carbocycles.